The Morgan fingerprint density at radius 1 is 1.21 bits per heavy atom. The summed E-state index contributed by atoms with van der Waals surface area (Å²) in [5, 5.41) is 0. The highest BCUT2D eigenvalue weighted by molar-refractivity contribution is 5.85. The van der Waals surface area contributed by atoms with Crippen LogP contribution in [0.3, 0.4) is 0 Å². The summed E-state index contributed by atoms with van der Waals surface area (Å²) in [6.45, 7) is 3.81. The lowest BCUT2D eigenvalue weighted by Crippen LogP contribution is -2.43. The highest BCUT2D eigenvalue weighted by Crippen LogP contribution is 2.19. The van der Waals surface area contributed by atoms with Gasteiger partial charge in [0.15, 0.2) is 0 Å². The molecule has 2 aromatic rings. The van der Waals surface area contributed by atoms with Gasteiger partial charge >= 0.3 is 0 Å². The number of aromatic nitrogens is 2. The lowest BCUT2D eigenvalue weighted by Gasteiger charge is -2.27. The molecule has 1 aromatic carbocycles. The second kappa shape index (κ2) is 10.6. The summed E-state index contributed by atoms with van der Waals surface area (Å²) >= 11 is 0. The summed E-state index contributed by atoms with van der Waals surface area (Å²) < 4.78 is 2.06. The van der Waals surface area contributed by atoms with Gasteiger partial charge in [-0.15, -0.1) is 24.8 Å². The number of rotatable bonds is 4. The molecule has 2 heterocycles. The van der Waals surface area contributed by atoms with Crippen molar-refractivity contribution in [1.29, 1.82) is 0 Å². The molecule has 0 unspecified atom stereocenters. The Labute approximate surface area is 178 Å². The molecule has 1 aliphatic heterocycles. The number of likely N-dealkylation sites (N-methyl/N-ethyl adjacent to an activating group) is 1. The number of nitrogens with two attached hydrogens (primary N) is 1. The molecule has 28 heavy (non-hydrogen) atoms. The Morgan fingerprint density at radius 3 is 2.64 bits per heavy atom. The molecule has 7 nitrogen and oxygen atoms in total. The van der Waals surface area contributed by atoms with Gasteiger partial charge < -0.3 is 20.1 Å². The number of fused-ring (bicyclic) bond motifs is 1. The average Bonchev–Trinajstić information content (AvgIpc) is 2.93. The molecule has 0 aliphatic carbocycles. The van der Waals surface area contributed by atoms with E-state index in [0.29, 0.717) is 26.2 Å². The van der Waals surface area contributed by atoms with Crippen LogP contribution in [0.2, 0.25) is 0 Å². The van der Waals surface area contributed by atoms with Crippen molar-refractivity contribution in [3.63, 3.8) is 0 Å². The van der Waals surface area contributed by atoms with Crippen LogP contribution in [-0.4, -0.2) is 63.9 Å². The zero-order valence-electron chi connectivity index (χ0n) is 16.3. The smallest absolute Gasteiger partial charge is 0.227 e. The van der Waals surface area contributed by atoms with Crippen LogP contribution in [0.15, 0.2) is 30.6 Å². The van der Waals surface area contributed by atoms with Crippen LogP contribution < -0.4 is 5.73 Å². The molecule has 1 fully saturated rings. The molecule has 1 saturated heterocycles. The van der Waals surface area contributed by atoms with Gasteiger partial charge in [-0.2, -0.15) is 0 Å². The van der Waals surface area contributed by atoms with E-state index in [1.807, 2.05) is 37.6 Å². The number of imidazole rings is 1. The van der Waals surface area contributed by atoms with E-state index >= 15 is 0 Å². The normalized spacial score (nSPS) is 19.3. The van der Waals surface area contributed by atoms with Gasteiger partial charge in [-0.05, 0) is 25.0 Å². The number of likely N-dealkylation sites (tertiary alicyclic amines) is 1. The fourth-order valence-corrected chi connectivity index (χ4v) is 3.55. The first-order chi connectivity index (χ1) is 12.5. The highest BCUT2D eigenvalue weighted by atomic mass is 35.5. The number of hydrogen-bond donors (Lipinski definition) is 1. The van der Waals surface area contributed by atoms with Gasteiger partial charge in [0.05, 0.1) is 23.3 Å². The van der Waals surface area contributed by atoms with Crippen LogP contribution in [0.5, 0.6) is 0 Å². The lowest BCUT2D eigenvalue weighted by atomic mass is 10.0. The van der Waals surface area contributed by atoms with Crippen molar-refractivity contribution in [1.82, 2.24) is 19.4 Å². The lowest BCUT2D eigenvalue weighted by molar-refractivity contribution is -0.136. The molecule has 0 spiro atoms. The van der Waals surface area contributed by atoms with Gasteiger partial charge in [0, 0.05) is 46.2 Å². The Balaban J connectivity index is 0.00000196. The molecule has 1 aliphatic rings. The Morgan fingerprint density at radius 2 is 1.93 bits per heavy atom. The van der Waals surface area contributed by atoms with Crippen molar-refractivity contribution in [2.24, 2.45) is 11.7 Å². The van der Waals surface area contributed by atoms with Crippen LogP contribution in [0.25, 0.3) is 11.0 Å². The number of amides is 2. The Bertz CT molecular complexity index is 797. The van der Waals surface area contributed by atoms with E-state index in [9.17, 15) is 9.59 Å². The summed E-state index contributed by atoms with van der Waals surface area (Å²) in [5.41, 5.74) is 8.07. The molecule has 0 radical (unpaired) electrons. The van der Waals surface area contributed by atoms with Crippen LogP contribution in [0.4, 0.5) is 0 Å². The van der Waals surface area contributed by atoms with Crippen molar-refractivity contribution in [3.8, 4) is 0 Å². The summed E-state index contributed by atoms with van der Waals surface area (Å²) in [7, 11) is 1.82. The minimum atomic E-state index is -0.183. The molecule has 156 valence electrons. The van der Waals surface area contributed by atoms with Crippen LogP contribution in [0.1, 0.15) is 19.8 Å². The number of hydrogen-bond acceptors (Lipinski definition) is 4. The molecule has 2 atom stereocenters. The van der Waals surface area contributed by atoms with E-state index < -0.39 is 0 Å². The number of benzene rings is 1. The SMILES string of the molecule is CC(=O)N1C[C@@H](N)CC[C@@H](C(=O)N(C)CCn2cnc3ccccc32)C1.Cl.Cl. The van der Waals surface area contributed by atoms with Crippen LogP contribution in [-0.2, 0) is 16.1 Å². The number of nitrogens with zero attached hydrogens (tertiary/aromatic N) is 4. The third kappa shape index (κ3) is 5.59. The molecule has 0 bridgehead atoms. The quantitative estimate of drug-likeness (QED) is 0.804. The summed E-state index contributed by atoms with van der Waals surface area (Å²) in [5.74, 6) is -0.126. The van der Waals surface area contributed by atoms with E-state index in [1.54, 1.807) is 9.80 Å². The topological polar surface area (TPSA) is 84.5 Å². The van der Waals surface area contributed by atoms with E-state index in [2.05, 4.69) is 9.55 Å². The van der Waals surface area contributed by atoms with Crippen molar-refractivity contribution in [2.45, 2.75) is 32.4 Å². The number of para-hydroxylation sites is 2. The first-order valence-corrected chi connectivity index (χ1v) is 9.11. The monoisotopic (exact) mass is 429 g/mol. The number of carbonyl (C=O) groups is 2. The van der Waals surface area contributed by atoms with E-state index in [4.69, 9.17) is 5.73 Å². The maximum Gasteiger partial charge on any atom is 0.227 e. The maximum atomic E-state index is 12.9. The fourth-order valence-electron chi connectivity index (χ4n) is 3.55. The third-order valence-corrected chi connectivity index (χ3v) is 5.16. The Kier molecular flexibility index (Phi) is 9.20. The van der Waals surface area contributed by atoms with Crippen molar-refractivity contribution >= 4 is 47.7 Å². The molecular weight excluding hydrogens is 401 g/mol. The van der Waals surface area contributed by atoms with Crippen molar-refractivity contribution in [3.05, 3.63) is 30.6 Å². The van der Waals surface area contributed by atoms with Gasteiger partial charge in [0.25, 0.3) is 0 Å². The van der Waals surface area contributed by atoms with E-state index in [1.165, 1.54) is 6.92 Å². The van der Waals surface area contributed by atoms with Gasteiger partial charge in [0.2, 0.25) is 11.8 Å². The average molecular weight is 430 g/mol. The first-order valence-electron chi connectivity index (χ1n) is 9.11. The second-order valence-corrected chi connectivity index (χ2v) is 7.14. The van der Waals surface area contributed by atoms with Crippen LogP contribution >= 0.6 is 24.8 Å². The van der Waals surface area contributed by atoms with E-state index in [-0.39, 0.29) is 48.6 Å². The number of carbonyl (C=O) groups excluding carboxylic acids is 2. The Hall–Kier alpha value is -1.83. The molecule has 1 aromatic heterocycles. The maximum absolute atomic E-state index is 12.9. The molecule has 3 rings (SSSR count). The van der Waals surface area contributed by atoms with Gasteiger partial charge in [-0.3, -0.25) is 9.59 Å². The summed E-state index contributed by atoms with van der Waals surface area (Å²) in [4.78, 5) is 32.5. The molecule has 9 heteroatoms. The first kappa shape index (κ1) is 24.2. The minimum absolute atomic E-state index is 0. The molecular formula is C19H29Cl2N5O2. The highest BCUT2D eigenvalue weighted by Gasteiger charge is 2.29. The van der Waals surface area contributed by atoms with Crippen molar-refractivity contribution < 1.29 is 9.59 Å². The fraction of sp³-hybridized carbons (Fsp3) is 0.526. The standard InChI is InChI=1S/C19H27N5O2.2ClH/c1-14(25)24-11-15(7-8-16(20)12-24)19(26)22(2)9-10-23-13-21-17-5-3-4-6-18(17)23;;/h3-6,13,15-16H,7-12,20H2,1-2H3;2*1H/t15-,16+;;/m1../s1. The van der Waals surface area contributed by atoms with Gasteiger partial charge in [-0.1, -0.05) is 12.1 Å². The predicted octanol–water partition coefficient (Wildman–Crippen LogP) is 1.92. The molecule has 2 N–H and O–H groups in total. The van der Waals surface area contributed by atoms with E-state index in [0.717, 1.165) is 23.9 Å². The minimum Gasteiger partial charge on any atom is -0.344 e. The predicted molar refractivity (Wildman–Crippen MR) is 115 cm³/mol. The van der Waals surface area contributed by atoms with Gasteiger partial charge in [0.1, 0.15) is 0 Å². The third-order valence-electron chi connectivity index (χ3n) is 5.16. The summed E-state index contributed by atoms with van der Waals surface area (Å²) in [6.07, 6.45) is 3.30. The number of halogens is 2. The van der Waals surface area contributed by atoms with Crippen LogP contribution in [0, 0.1) is 5.92 Å². The van der Waals surface area contributed by atoms with Gasteiger partial charge in [-0.25, -0.2) is 4.98 Å². The zero-order chi connectivity index (χ0) is 18.7. The van der Waals surface area contributed by atoms with Crippen molar-refractivity contribution in [2.75, 3.05) is 26.7 Å². The zero-order valence-corrected chi connectivity index (χ0v) is 17.9. The molecule has 0 saturated carbocycles. The summed E-state index contributed by atoms with van der Waals surface area (Å²) in [6, 6.07) is 7.90. The molecule has 2 amide bonds. The second-order valence-electron chi connectivity index (χ2n) is 7.14. The largest absolute Gasteiger partial charge is 0.344 e.